The number of ether oxygens (including phenoxy) is 3. The van der Waals surface area contributed by atoms with Gasteiger partial charge in [0.15, 0.2) is 5.78 Å². The van der Waals surface area contributed by atoms with Crippen molar-refractivity contribution >= 4 is 17.3 Å². The van der Waals surface area contributed by atoms with E-state index in [2.05, 4.69) is 0 Å². The van der Waals surface area contributed by atoms with E-state index in [0.717, 1.165) is 0 Å². The number of hydrogen-bond acceptors (Lipinski definition) is 5. The number of methoxy groups -OCH3 is 2. The molecule has 0 aliphatic heterocycles. The van der Waals surface area contributed by atoms with E-state index >= 15 is 0 Å². The molecule has 0 aromatic heterocycles. The Hall–Kier alpha value is -3.15. The minimum atomic E-state index is -1.08. The lowest BCUT2D eigenvalue weighted by molar-refractivity contribution is -0.151. The molecule has 0 bridgehead atoms. The van der Waals surface area contributed by atoms with Crippen LogP contribution in [0.25, 0.3) is 5.57 Å². The lowest BCUT2D eigenvalue weighted by atomic mass is 9.73. The number of ketones is 1. The highest BCUT2D eigenvalue weighted by Crippen LogP contribution is 2.43. The average Bonchev–Trinajstić information content (AvgIpc) is 2.73. The normalized spacial score (nSPS) is 18.8. The molecule has 1 aliphatic carbocycles. The third kappa shape index (κ3) is 4.16. The summed E-state index contributed by atoms with van der Waals surface area (Å²) in [6.45, 7) is 1.82. The van der Waals surface area contributed by atoms with Gasteiger partial charge in [-0.1, -0.05) is 18.2 Å². The second-order valence-electron chi connectivity index (χ2n) is 6.70. The molecule has 6 heteroatoms. The minimum absolute atomic E-state index is 0.148. The van der Waals surface area contributed by atoms with Crippen LogP contribution >= 0.6 is 0 Å². The summed E-state index contributed by atoms with van der Waals surface area (Å²) in [5.41, 5.74) is 1.69. The summed E-state index contributed by atoms with van der Waals surface area (Å²) in [7, 11) is 3.08. The van der Waals surface area contributed by atoms with Crippen molar-refractivity contribution in [3.63, 3.8) is 0 Å². The van der Waals surface area contributed by atoms with Crippen LogP contribution in [0.1, 0.15) is 30.4 Å². The monoisotopic (exact) mass is 398 g/mol. The number of allylic oxidation sites excluding steroid dienone is 2. The van der Waals surface area contributed by atoms with Crippen LogP contribution in [0.5, 0.6) is 11.5 Å². The first-order valence-electron chi connectivity index (χ1n) is 9.38. The van der Waals surface area contributed by atoms with Gasteiger partial charge >= 0.3 is 5.97 Å². The van der Waals surface area contributed by atoms with E-state index in [-0.39, 0.29) is 6.61 Å². The fourth-order valence-corrected chi connectivity index (χ4v) is 3.70. The van der Waals surface area contributed by atoms with Gasteiger partial charge in [0, 0.05) is 17.5 Å². The maximum absolute atomic E-state index is 14.6. The standard InChI is InChI=1S/C23H23FO5/c1-4-29-23(26)22-18(17-7-5-6-8-19(17)24)11-14(12-20(22)25)16-10-9-15(27-2)13-21(16)28-3/h5-10,12-13,18,22H,4,11H2,1-3H3/t18-,22-/m1/s1. The zero-order valence-corrected chi connectivity index (χ0v) is 16.6. The van der Waals surface area contributed by atoms with E-state index in [1.165, 1.54) is 19.3 Å². The third-order valence-corrected chi connectivity index (χ3v) is 5.07. The molecule has 152 valence electrons. The molecule has 0 radical (unpaired) electrons. The summed E-state index contributed by atoms with van der Waals surface area (Å²) >= 11 is 0. The highest BCUT2D eigenvalue weighted by Gasteiger charge is 2.41. The van der Waals surface area contributed by atoms with E-state index < -0.39 is 29.4 Å². The van der Waals surface area contributed by atoms with Crippen molar-refractivity contribution in [3.8, 4) is 11.5 Å². The number of rotatable bonds is 6. The van der Waals surface area contributed by atoms with Gasteiger partial charge in [-0.25, -0.2) is 4.39 Å². The van der Waals surface area contributed by atoms with Crippen LogP contribution < -0.4 is 9.47 Å². The fourth-order valence-electron chi connectivity index (χ4n) is 3.70. The van der Waals surface area contributed by atoms with Crippen molar-refractivity contribution in [2.45, 2.75) is 19.3 Å². The molecule has 0 unspecified atom stereocenters. The van der Waals surface area contributed by atoms with Gasteiger partial charge in [0.2, 0.25) is 0 Å². The number of esters is 1. The summed E-state index contributed by atoms with van der Waals surface area (Å²) in [6, 6.07) is 11.5. The van der Waals surface area contributed by atoms with E-state index in [0.29, 0.717) is 34.6 Å². The molecule has 0 N–H and O–H groups in total. The Bertz CT molecular complexity index is 950. The van der Waals surface area contributed by atoms with E-state index in [9.17, 15) is 14.0 Å². The molecule has 3 rings (SSSR count). The SMILES string of the molecule is CCOC(=O)[C@H]1C(=O)C=C(c2ccc(OC)cc2OC)C[C@@H]1c1ccccc1F. The van der Waals surface area contributed by atoms with Gasteiger partial charge in [-0.15, -0.1) is 0 Å². The van der Waals surface area contributed by atoms with Crippen LogP contribution in [0.4, 0.5) is 4.39 Å². The molecule has 1 aliphatic rings. The average molecular weight is 398 g/mol. The molecule has 0 saturated heterocycles. The van der Waals surface area contributed by atoms with E-state index in [1.807, 2.05) is 0 Å². The first kappa shape index (κ1) is 20.6. The molecule has 0 amide bonds. The zero-order valence-electron chi connectivity index (χ0n) is 16.6. The molecule has 5 nitrogen and oxygen atoms in total. The predicted octanol–water partition coefficient (Wildman–Crippen LogP) is 4.16. The van der Waals surface area contributed by atoms with Crippen molar-refractivity contribution in [3.05, 3.63) is 65.5 Å². The maximum atomic E-state index is 14.6. The van der Waals surface area contributed by atoms with Gasteiger partial charge in [-0.05, 0) is 48.8 Å². The smallest absolute Gasteiger partial charge is 0.317 e. The van der Waals surface area contributed by atoms with Crippen LogP contribution in [-0.4, -0.2) is 32.6 Å². The number of halogens is 1. The Kier molecular flexibility index (Phi) is 6.32. The van der Waals surface area contributed by atoms with Crippen LogP contribution in [0, 0.1) is 11.7 Å². The molecule has 0 heterocycles. The molecule has 0 fully saturated rings. The summed E-state index contributed by atoms with van der Waals surface area (Å²) < 4.78 is 30.4. The minimum Gasteiger partial charge on any atom is -0.497 e. The van der Waals surface area contributed by atoms with Crippen LogP contribution in [0.3, 0.4) is 0 Å². The van der Waals surface area contributed by atoms with Crippen LogP contribution in [-0.2, 0) is 14.3 Å². The molecule has 0 saturated carbocycles. The molecule has 29 heavy (non-hydrogen) atoms. The number of hydrogen-bond donors (Lipinski definition) is 0. The lowest BCUT2D eigenvalue weighted by Crippen LogP contribution is -2.34. The zero-order chi connectivity index (χ0) is 21.0. The van der Waals surface area contributed by atoms with Gasteiger partial charge in [-0.3, -0.25) is 9.59 Å². The Morgan fingerprint density at radius 2 is 1.90 bits per heavy atom. The third-order valence-electron chi connectivity index (χ3n) is 5.07. The summed E-state index contributed by atoms with van der Waals surface area (Å²) in [5, 5.41) is 0. The van der Waals surface area contributed by atoms with Crippen LogP contribution in [0.15, 0.2) is 48.5 Å². The maximum Gasteiger partial charge on any atom is 0.317 e. The molecular weight excluding hydrogens is 375 g/mol. The quantitative estimate of drug-likeness (QED) is 0.540. The van der Waals surface area contributed by atoms with Gasteiger partial charge in [-0.2, -0.15) is 0 Å². The van der Waals surface area contributed by atoms with Gasteiger partial charge in [0.1, 0.15) is 23.2 Å². The topological polar surface area (TPSA) is 61.8 Å². The van der Waals surface area contributed by atoms with Crippen molar-refractivity contribution in [1.29, 1.82) is 0 Å². The van der Waals surface area contributed by atoms with Gasteiger partial charge in [0.25, 0.3) is 0 Å². The summed E-state index contributed by atoms with van der Waals surface area (Å²) in [4.78, 5) is 25.5. The van der Waals surface area contributed by atoms with E-state index in [1.54, 1.807) is 50.4 Å². The van der Waals surface area contributed by atoms with Gasteiger partial charge in [0.05, 0.1) is 20.8 Å². The van der Waals surface area contributed by atoms with Crippen molar-refractivity contribution < 1.29 is 28.2 Å². The first-order valence-corrected chi connectivity index (χ1v) is 9.38. The predicted molar refractivity (Wildman–Crippen MR) is 106 cm³/mol. The molecule has 2 atom stereocenters. The largest absolute Gasteiger partial charge is 0.497 e. The van der Waals surface area contributed by atoms with E-state index in [4.69, 9.17) is 14.2 Å². The number of carbonyl (C=O) groups is 2. The molecule has 2 aromatic carbocycles. The van der Waals surface area contributed by atoms with Crippen molar-refractivity contribution in [2.24, 2.45) is 5.92 Å². The Labute approximate surface area is 169 Å². The number of carbonyl (C=O) groups excluding carboxylic acids is 2. The Morgan fingerprint density at radius 3 is 2.55 bits per heavy atom. The fraction of sp³-hybridized carbons (Fsp3) is 0.304. The van der Waals surface area contributed by atoms with Crippen molar-refractivity contribution in [2.75, 3.05) is 20.8 Å². The second kappa shape index (κ2) is 8.90. The molecule has 2 aromatic rings. The summed E-state index contributed by atoms with van der Waals surface area (Å²) in [6.07, 6.45) is 1.72. The number of benzene rings is 2. The molecular formula is C23H23FO5. The Morgan fingerprint density at radius 1 is 1.14 bits per heavy atom. The Balaban J connectivity index is 2.08. The van der Waals surface area contributed by atoms with Crippen LogP contribution in [0.2, 0.25) is 0 Å². The molecule has 0 spiro atoms. The van der Waals surface area contributed by atoms with Gasteiger partial charge < -0.3 is 14.2 Å². The van der Waals surface area contributed by atoms with Crippen molar-refractivity contribution in [1.82, 2.24) is 0 Å². The lowest BCUT2D eigenvalue weighted by Gasteiger charge is -2.30. The highest BCUT2D eigenvalue weighted by molar-refractivity contribution is 6.11. The highest BCUT2D eigenvalue weighted by atomic mass is 19.1. The summed E-state index contributed by atoms with van der Waals surface area (Å²) in [5.74, 6) is -2.11. The first-order chi connectivity index (χ1) is 14.0. The second-order valence-corrected chi connectivity index (χ2v) is 6.70.